The van der Waals surface area contributed by atoms with Crippen LogP contribution in [0.5, 0.6) is 0 Å². The molecule has 0 bridgehead atoms. The molecule has 0 rings (SSSR count). The summed E-state index contributed by atoms with van der Waals surface area (Å²) >= 11 is 0. The molecular weight excluding hydrogens is 341 g/mol. The predicted molar refractivity (Wildman–Crippen MR) is 87.7 cm³/mol. The van der Waals surface area contributed by atoms with E-state index in [2.05, 4.69) is 0 Å². The number of quaternary nitrogens is 1. The Morgan fingerprint density at radius 1 is 1.12 bits per heavy atom. The van der Waals surface area contributed by atoms with Gasteiger partial charge in [-0.05, 0) is 12.8 Å². The third kappa shape index (κ3) is 15.0. The minimum absolute atomic E-state index is 0.0841. The number of carboxylic acid groups (broad SMARTS) is 1. The van der Waals surface area contributed by atoms with Gasteiger partial charge in [-0.1, -0.05) is 0 Å². The Balaban J connectivity index is 4.07. The number of phosphoric ester groups is 1. The van der Waals surface area contributed by atoms with E-state index in [-0.39, 0.29) is 26.2 Å². The van der Waals surface area contributed by atoms with E-state index in [4.69, 9.17) is 23.6 Å². The Morgan fingerprint density at radius 3 is 2.33 bits per heavy atom. The van der Waals surface area contributed by atoms with E-state index in [1.54, 1.807) is 0 Å². The lowest BCUT2D eigenvalue weighted by molar-refractivity contribution is -0.870. The molecule has 0 fully saturated rings. The molecule has 0 saturated carbocycles. The molecule has 0 aliphatic rings. The number of unbranched alkanes of at least 4 members (excludes halogenated alkanes) is 1. The number of phosphoric acid groups is 1. The van der Waals surface area contributed by atoms with Gasteiger partial charge in [0.25, 0.3) is 0 Å². The van der Waals surface area contributed by atoms with E-state index in [9.17, 15) is 14.3 Å². The molecule has 0 saturated heterocycles. The minimum Gasteiger partial charge on any atom is -0.481 e. The van der Waals surface area contributed by atoms with Gasteiger partial charge in [-0.25, -0.2) is 4.57 Å². The first kappa shape index (κ1) is 23.5. The van der Waals surface area contributed by atoms with Crippen LogP contribution in [-0.2, 0) is 27.9 Å². The summed E-state index contributed by atoms with van der Waals surface area (Å²) in [4.78, 5) is 20.0. The summed E-state index contributed by atoms with van der Waals surface area (Å²) in [5.41, 5.74) is 0. The SMILES string of the molecule is COC[C@H](COP(=O)(O)OCC[N+](C)(C)C)OCCCCC(=O)O. The quantitative estimate of drug-likeness (QED) is 0.250. The van der Waals surface area contributed by atoms with Crippen molar-refractivity contribution in [2.45, 2.75) is 25.4 Å². The number of aliphatic carboxylic acids is 1. The molecule has 0 amide bonds. The van der Waals surface area contributed by atoms with Gasteiger partial charge in [0.1, 0.15) is 19.3 Å². The highest BCUT2D eigenvalue weighted by Crippen LogP contribution is 2.43. The minimum atomic E-state index is -4.14. The van der Waals surface area contributed by atoms with Crippen LogP contribution in [-0.4, -0.2) is 87.8 Å². The molecular formula is C14H31NO8P+. The zero-order chi connectivity index (χ0) is 18.6. The van der Waals surface area contributed by atoms with Crippen molar-refractivity contribution in [1.29, 1.82) is 0 Å². The van der Waals surface area contributed by atoms with Crippen LogP contribution in [0.25, 0.3) is 0 Å². The van der Waals surface area contributed by atoms with E-state index >= 15 is 0 Å². The van der Waals surface area contributed by atoms with Crippen molar-refractivity contribution in [2.75, 3.05) is 61.2 Å². The second-order valence-electron chi connectivity index (χ2n) is 6.41. The number of rotatable bonds is 15. The second-order valence-corrected chi connectivity index (χ2v) is 7.86. The third-order valence-electron chi connectivity index (χ3n) is 2.93. The number of ether oxygens (including phenoxy) is 2. The Labute approximate surface area is 143 Å². The molecule has 0 radical (unpaired) electrons. The van der Waals surface area contributed by atoms with E-state index in [0.717, 1.165) is 0 Å². The van der Waals surface area contributed by atoms with Gasteiger partial charge in [-0.2, -0.15) is 0 Å². The molecule has 2 atom stereocenters. The van der Waals surface area contributed by atoms with Gasteiger partial charge in [0.15, 0.2) is 0 Å². The smallest absolute Gasteiger partial charge is 0.472 e. The summed E-state index contributed by atoms with van der Waals surface area (Å²) in [7, 11) is 3.18. The highest BCUT2D eigenvalue weighted by molar-refractivity contribution is 7.47. The van der Waals surface area contributed by atoms with Gasteiger partial charge in [-0.15, -0.1) is 0 Å². The standard InChI is InChI=1S/C14H30NO8P/c1-15(2,3)8-10-22-24(18,19)23-12-13(11-20-4)21-9-6-5-7-14(16)17/h13H,5-12H2,1-4H3,(H-,16,17,18,19)/p+1/t13-/m1/s1. The monoisotopic (exact) mass is 372 g/mol. The van der Waals surface area contributed by atoms with Crippen LogP contribution in [0, 0.1) is 0 Å². The number of methoxy groups -OCH3 is 1. The van der Waals surface area contributed by atoms with E-state index in [1.807, 2.05) is 21.1 Å². The van der Waals surface area contributed by atoms with E-state index in [0.29, 0.717) is 30.5 Å². The number of carbonyl (C=O) groups is 1. The summed E-state index contributed by atoms with van der Waals surface area (Å²) in [5, 5.41) is 8.55. The normalized spacial score (nSPS) is 15.9. The second kappa shape index (κ2) is 11.9. The van der Waals surface area contributed by atoms with Crippen molar-refractivity contribution < 1.29 is 42.4 Å². The van der Waals surface area contributed by atoms with E-state index in [1.165, 1.54) is 7.11 Å². The molecule has 0 aromatic heterocycles. The molecule has 24 heavy (non-hydrogen) atoms. The molecule has 144 valence electrons. The fourth-order valence-corrected chi connectivity index (χ4v) is 2.34. The number of carboxylic acids is 1. The average molecular weight is 372 g/mol. The summed E-state index contributed by atoms with van der Waals surface area (Å²) in [6.45, 7) is 1.03. The molecule has 0 aliphatic heterocycles. The van der Waals surface area contributed by atoms with Gasteiger partial charge in [0, 0.05) is 20.1 Å². The van der Waals surface area contributed by atoms with Crippen LogP contribution >= 0.6 is 7.82 Å². The lowest BCUT2D eigenvalue weighted by Gasteiger charge is -2.24. The summed E-state index contributed by atoms with van der Waals surface area (Å²) in [6, 6.07) is 0. The van der Waals surface area contributed by atoms with Crippen LogP contribution in [0.4, 0.5) is 0 Å². The number of likely N-dealkylation sites (N-methyl/N-ethyl adjacent to an activating group) is 1. The predicted octanol–water partition coefficient (Wildman–Crippen LogP) is 1.11. The first-order chi connectivity index (χ1) is 11.1. The van der Waals surface area contributed by atoms with Crippen molar-refractivity contribution in [2.24, 2.45) is 0 Å². The number of hydrogen-bond donors (Lipinski definition) is 2. The summed E-state index contributed by atoms with van der Waals surface area (Å²) in [6.07, 6.45) is 0.634. The van der Waals surface area contributed by atoms with Crippen LogP contribution < -0.4 is 0 Å². The van der Waals surface area contributed by atoms with Crippen LogP contribution in [0.3, 0.4) is 0 Å². The molecule has 0 aromatic rings. The van der Waals surface area contributed by atoms with Crippen molar-refractivity contribution >= 4 is 13.8 Å². The molecule has 1 unspecified atom stereocenters. The molecule has 0 aliphatic carbocycles. The fraction of sp³-hybridized carbons (Fsp3) is 0.929. The third-order valence-corrected chi connectivity index (χ3v) is 3.92. The molecule has 0 aromatic carbocycles. The summed E-state index contributed by atoms with van der Waals surface area (Å²) < 4.78 is 32.7. The first-order valence-corrected chi connectivity index (χ1v) is 9.30. The van der Waals surface area contributed by atoms with Gasteiger partial charge in [-0.3, -0.25) is 13.8 Å². The average Bonchev–Trinajstić information content (AvgIpc) is 2.42. The number of hydrogen-bond acceptors (Lipinski definition) is 6. The Bertz CT molecular complexity index is 399. The van der Waals surface area contributed by atoms with Crippen LogP contribution in [0.1, 0.15) is 19.3 Å². The fourth-order valence-electron chi connectivity index (χ4n) is 1.60. The van der Waals surface area contributed by atoms with Crippen molar-refractivity contribution in [1.82, 2.24) is 0 Å². The maximum absolute atomic E-state index is 11.8. The zero-order valence-corrected chi connectivity index (χ0v) is 15.9. The van der Waals surface area contributed by atoms with Crippen LogP contribution in [0.2, 0.25) is 0 Å². The van der Waals surface area contributed by atoms with Crippen molar-refractivity contribution in [3.05, 3.63) is 0 Å². The highest BCUT2D eigenvalue weighted by Gasteiger charge is 2.24. The largest absolute Gasteiger partial charge is 0.481 e. The lowest BCUT2D eigenvalue weighted by Crippen LogP contribution is -2.37. The maximum Gasteiger partial charge on any atom is 0.472 e. The Kier molecular flexibility index (Phi) is 11.6. The highest BCUT2D eigenvalue weighted by atomic mass is 31.2. The Hall–Kier alpha value is -0.540. The summed E-state index contributed by atoms with van der Waals surface area (Å²) in [5.74, 6) is -0.848. The topological polar surface area (TPSA) is 112 Å². The van der Waals surface area contributed by atoms with Crippen molar-refractivity contribution in [3.8, 4) is 0 Å². The molecule has 0 spiro atoms. The van der Waals surface area contributed by atoms with Gasteiger partial charge in [0.2, 0.25) is 0 Å². The molecule has 10 heteroatoms. The van der Waals surface area contributed by atoms with Crippen LogP contribution in [0.15, 0.2) is 0 Å². The molecule has 0 heterocycles. The lowest BCUT2D eigenvalue weighted by atomic mass is 10.2. The van der Waals surface area contributed by atoms with Gasteiger partial charge >= 0.3 is 13.8 Å². The maximum atomic E-state index is 11.8. The van der Waals surface area contributed by atoms with Crippen molar-refractivity contribution in [3.63, 3.8) is 0 Å². The zero-order valence-electron chi connectivity index (χ0n) is 15.0. The molecule has 9 nitrogen and oxygen atoms in total. The van der Waals surface area contributed by atoms with Gasteiger partial charge < -0.3 is 24.0 Å². The molecule has 2 N–H and O–H groups in total. The number of nitrogens with zero attached hydrogens (tertiary/aromatic N) is 1. The first-order valence-electron chi connectivity index (χ1n) is 7.80. The van der Waals surface area contributed by atoms with E-state index < -0.39 is 19.9 Å². The van der Waals surface area contributed by atoms with Gasteiger partial charge in [0.05, 0.1) is 34.4 Å². The Morgan fingerprint density at radius 2 is 1.79 bits per heavy atom.